The van der Waals surface area contributed by atoms with Gasteiger partial charge in [0.15, 0.2) is 0 Å². The van der Waals surface area contributed by atoms with Crippen molar-refractivity contribution in [2.24, 2.45) is 5.92 Å². The smallest absolute Gasteiger partial charge is 0.338 e. The minimum atomic E-state index is -0.263. The van der Waals surface area contributed by atoms with Gasteiger partial charge in [0, 0.05) is 12.2 Å². The molecule has 0 amide bonds. The molecule has 0 spiro atoms. The molecule has 0 aliphatic heterocycles. The molecule has 1 N–H and O–H groups in total. The minimum absolute atomic E-state index is 0.263. The van der Waals surface area contributed by atoms with Crippen molar-refractivity contribution in [1.82, 2.24) is 0 Å². The summed E-state index contributed by atoms with van der Waals surface area (Å²) in [7, 11) is 1.42. The Hall–Kier alpha value is -1.51. The largest absolute Gasteiger partial charge is 0.465 e. The van der Waals surface area contributed by atoms with Crippen LogP contribution in [0, 0.1) is 12.8 Å². The average molecular weight is 275 g/mol. The van der Waals surface area contributed by atoms with E-state index in [4.69, 9.17) is 4.74 Å². The number of ether oxygens (including phenoxy) is 1. The number of esters is 1. The number of nitrogens with one attached hydrogen (secondary N) is 1. The number of carbonyl (C=O) groups excluding carboxylic acids is 1. The number of rotatable bonds is 4. The molecule has 0 heterocycles. The number of benzene rings is 1. The predicted molar refractivity (Wildman–Crippen MR) is 82.2 cm³/mol. The Morgan fingerprint density at radius 2 is 1.95 bits per heavy atom. The van der Waals surface area contributed by atoms with Crippen molar-refractivity contribution in [3.63, 3.8) is 0 Å². The van der Waals surface area contributed by atoms with E-state index >= 15 is 0 Å². The van der Waals surface area contributed by atoms with E-state index in [-0.39, 0.29) is 5.97 Å². The zero-order valence-electron chi connectivity index (χ0n) is 12.6. The fourth-order valence-electron chi connectivity index (χ4n) is 2.98. The molecule has 110 valence electrons. The molecule has 0 bridgehead atoms. The fourth-order valence-corrected chi connectivity index (χ4v) is 2.98. The molecular formula is C17H25NO2. The van der Waals surface area contributed by atoms with Gasteiger partial charge in [-0.1, -0.05) is 31.7 Å². The summed E-state index contributed by atoms with van der Waals surface area (Å²) in [6.45, 7) is 2.98. The van der Waals surface area contributed by atoms with Crippen molar-refractivity contribution in [1.29, 1.82) is 0 Å². The number of carbonyl (C=O) groups is 1. The Kier molecular flexibility index (Phi) is 5.45. The van der Waals surface area contributed by atoms with E-state index in [0.717, 1.165) is 23.7 Å². The molecule has 3 heteroatoms. The van der Waals surface area contributed by atoms with E-state index < -0.39 is 0 Å². The highest BCUT2D eigenvalue weighted by molar-refractivity contribution is 5.92. The third kappa shape index (κ3) is 3.75. The van der Waals surface area contributed by atoms with Crippen LogP contribution in [0.4, 0.5) is 5.69 Å². The second-order valence-electron chi connectivity index (χ2n) is 5.71. The van der Waals surface area contributed by atoms with E-state index in [2.05, 4.69) is 5.32 Å². The number of methoxy groups -OCH3 is 1. The molecule has 1 aliphatic carbocycles. The summed E-state index contributed by atoms with van der Waals surface area (Å²) in [6, 6.07) is 5.77. The van der Waals surface area contributed by atoms with Crippen molar-refractivity contribution in [2.75, 3.05) is 19.0 Å². The second kappa shape index (κ2) is 7.32. The van der Waals surface area contributed by atoms with Crippen LogP contribution in [-0.4, -0.2) is 19.6 Å². The third-order valence-electron chi connectivity index (χ3n) is 4.30. The lowest BCUT2D eigenvalue weighted by molar-refractivity contribution is 0.0600. The Bertz CT molecular complexity index is 448. The third-order valence-corrected chi connectivity index (χ3v) is 4.30. The van der Waals surface area contributed by atoms with Gasteiger partial charge in [-0.25, -0.2) is 4.79 Å². The normalized spacial score (nSPS) is 16.5. The summed E-state index contributed by atoms with van der Waals surface area (Å²) in [5.74, 6) is 0.499. The van der Waals surface area contributed by atoms with Gasteiger partial charge in [0.1, 0.15) is 0 Å². The summed E-state index contributed by atoms with van der Waals surface area (Å²) >= 11 is 0. The Morgan fingerprint density at radius 1 is 1.25 bits per heavy atom. The molecule has 1 fully saturated rings. The molecule has 20 heavy (non-hydrogen) atoms. The lowest BCUT2D eigenvalue weighted by atomic mass is 10.00. The Morgan fingerprint density at radius 3 is 2.60 bits per heavy atom. The van der Waals surface area contributed by atoms with Crippen molar-refractivity contribution >= 4 is 11.7 Å². The van der Waals surface area contributed by atoms with Crippen LogP contribution in [0.15, 0.2) is 18.2 Å². The number of anilines is 1. The zero-order valence-corrected chi connectivity index (χ0v) is 12.6. The van der Waals surface area contributed by atoms with Crippen LogP contribution >= 0.6 is 0 Å². The topological polar surface area (TPSA) is 38.3 Å². The maximum absolute atomic E-state index is 11.7. The van der Waals surface area contributed by atoms with Crippen molar-refractivity contribution in [3.05, 3.63) is 29.3 Å². The molecule has 1 saturated carbocycles. The van der Waals surface area contributed by atoms with E-state index in [1.165, 1.54) is 45.6 Å². The maximum atomic E-state index is 11.7. The molecule has 0 unspecified atom stereocenters. The van der Waals surface area contributed by atoms with Crippen molar-refractivity contribution < 1.29 is 9.53 Å². The monoisotopic (exact) mass is 275 g/mol. The van der Waals surface area contributed by atoms with E-state index in [1.54, 1.807) is 0 Å². The summed E-state index contributed by atoms with van der Waals surface area (Å²) < 4.78 is 4.82. The van der Waals surface area contributed by atoms with Gasteiger partial charge in [-0.05, 0) is 43.4 Å². The Balaban J connectivity index is 2.00. The minimum Gasteiger partial charge on any atom is -0.465 e. The van der Waals surface area contributed by atoms with Crippen molar-refractivity contribution in [2.45, 2.75) is 45.4 Å². The first-order valence-corrected chi connectivity index (χ1v) is 7.64. The van der Waals surface area contributed by atoms with Gasteiger partial charge in [0.05, 0.1) is 12.7 Å². The van der Waals surface area contributed by atoms with Crippen LogP contribution in [0.3, 0.4) is 0 Å². The van der Waals surface area contributed by atoms with Gasteiger partial charge in [-0.3, -0.25) is 0 Å². The van der Waals surface area contributed by atoms with Crippen LogP contribution < -0.4 is 5.32 Å². The SMILES string of the molecule is COC(=O)c1cccc(NCC2CCCCCC2)c1C. The van der Waals surface area contributed by atoms with Crippen LogP contribution in [-0.2, 0) is 4.74 Å². The van der Waals surface area contributed by atoms with Gasteiger partial charge < -0.3 is 10.1 Å². The lowest BCUT2D eigenvalue weighted by Crippen LogP contribution is -2.15. The highest BCUT2D eigenvalue weighted by atomic mass is 16.5. The van der Waals surface area contributed by atoms with Gasteiger partial charge in [-0.2, -0.15) is 0 Å². The summed E-state index contributed by atoms with van der Waals surface area (Å²) in [6.07, 6.45) is 8.12. The standard InChI is InChI=1S/C17H25NO2/c1-13-15(17(19)20-2)10-7-11-16(13)18-12-14-8-5-3-4-6-9-14/h7,10-11,14,18H,3-6,8-9,12H2,1-2H3. The first-order valence-electron chi connectivity index (χ1n) is 7.64. The summed E-state index contributed by atoms with van der Waals surface area (Å²) in [4.78, 5) is 11.7. The fraction of sp³-hybridized carbons (Fsp3) is 0.588. The molecule has 1 aliphatic rings. The molecule has 0 aromatic heterocycles. The molecule has 0 saturated heterocycles. The van der Waals surface area contributed by atoms with E-state index in [1.807, 2.05) is 25.1 Å². The summed E-state index contributed by atoms with van der Waals surface area (Å²) in [5.41, 5.74) is 2.68. The Labute approximate surface area is 121 Å². The van der Waals surface area contributed by atoms with Crippen LogP contribution in [0.2, 0.25) is 0 Å². The van der Waals surface area contributed by atoms with Gasteiger partial charge in [0.2, 0.25) is 0 Å². The molecule has 1 aromatic rings. The van der Waals surface area contributed by atoms with Crippen LogP contribution in [0.25, 0.3) is 0 Å². The van der Waals surface area contributed by atoms with Crippen LogP contribution in [0.1, 0.15) is 54.4 Å². The molecule has 0 radical (unpaired) electrons. The zero-order chi connectivity index (χ0) is 14.4. The quantitative estimate of drug-likeness (QED) is 0.662. The average Bonchev–Trinajstić information content (AvgIpc) is 2.74. The first kappa shape index (κ1) is 14.9. The molecular weight excluding hydrogens is 250 g/mol. The van der Waals surface area contributed by atoms with Gasteiger partial charge in [0.25, 0.3) is 0 Å². The van der Waals surface area contributed by atoms with Gasteiger partial charge >= 0.3 is 5.97 Å². The number of hydrogen-bond donors (Lipinski definition) is 1. The van der Waals surface area contributed by atoms with E-state index in [0.29, 0.717) is 5.56 Å². The predicted octanol–water partition coefficient (Wildman–Crippen LogP) is 4.16. The second-order valence-corrected chi connectivity index (χ2v) is 5.71. The lowest BCUT2D eigenvalue weighted by Gasteiger charge is -2.18. The molecule has 2 rings (SSSR count). The van der Waals surface area contributed by atoms with Crippen LogP contribution in [0.5, 0.6) is 0 Å². The van der Waals surface area contributed by atoms with E-state index in [9.17, 15) is 4.79 Å². The molecule has 1 aromatic carbocycles. The van der Waals surface area contributed by atoms with Crippen molar-refractivity contribution in [3.8, 4) is 0 Å². The maximum Gasteiger partial charge on any atom is 0.338 e. The highest BCUT2D eigenvalue weighted by Gasteiger charge is 2.14. The molecule has 0 atom stereocenters. The first-order chi connectivity index (χ1) is 9.72. The highest BCUT2D eigenvalue weighted by Crippen LogP contribution is 2.25. The van der Waals surface area contributed by atoms with Gasteiger partial charge in [-0.15, -0.1) is 0 Å². The number of hydrogen-bond acceptors (Lipinski definition) is 3. The molecule has 3 nitrogen and oxygen atoms in total. The summed E-state index contributed by atoms with van der Waals surface area (Å²) in [5, 5.41) is 3.52.